The lowest BCUT2D eigenvalue weighted by atomic mass is 10.1. The van der Waals surface area contributed by atoms with E-state index in [1.165, 1.54) is 0 Å². The number of rotatable bonds is 3. The molecule has 5 nitrogen and oxygen atoms in total. The van der Waals surface area contributed by atoms with Gasteiger partial charge < -0.3 is 10.2 Å². The van der Waals surface area contributed by atoms with Crippen LogP contribution in [0.15, 0.2) is 54.7 Å². The van der Waals surface area contributed by atoms with Crippen molar-refractivity contribution in [3.63, 3.8) is 0 Å². The fourth-order valence-corrected chi connectivity index (χ4v) is 2.41. The number of nitrogens with zero attached hydrogens (tertiary/aromatic N) is 3. The average molecular weight is 294 g/mol. The number of amides is 2. The smallest absolute Gasteiger partial charge is 0.321 e. The van der Waals surface area contributed by atoms with Gasteiger partial charge in [0.2, 0.25) is 0 Å². The lowest BCUT2D eigenvalue weighted by molar-refractivity contribution is 0.220. The SMILES string of the molecule is CN(Cc1ccn(C)n1)C(=O)Nc1cccc2ccccc12. The van der Waals surface area contributed by atoms with Crippen LogP contribution in [0, 0.1) is 0 Å². The zero-order valence-electron chi connectivity index (χ0n) is 12.7. The van der Waals surface area contributed by atoms with Crippen LogP contribution < -0.4 is 5.32 Å². The summed E-state index contributed by atoms with van der Waals surface area (Å²) in [5.41, 5.74) is 1.68. The van der Waals surface area contributed by atoms with E-state index in [-0.39, 0.29) is 6.03 Å². The number of nitrogens with one attached hydrogen (secondary N) is 1. The lowest BCUT2D eigenvalue weighted by Crippen LogP contribution is -2.31. The van der Waals surface area contributed by atoms with Crippen molar-refractivity contribution in [3.05, 3.63) is 60.4 Å². The van der Waals surface area contributed by atoms with Crippen LogP contribution in [0.4, 0.5) is 10.5 Å². The summed E-state index contributed by atoms with van der Waals surface area (Å²) in [7, 11) is 3.62. The number of carbonyl (C=O) groups is 1. The summed E-state index contributed by atoms with van der Waals surface area (Å²) < 4.78 is 1.73. The van der Waals surface area contributed by atoms with Gasteiger partial charge in [0, 0.05) is 25.7 Å². The number of aromatic nitrogens is 2. The zero-order valence-corrected chi connectivity index (χ0v) is 12.7. The molecule has 0 fully saturated rings. The minimum atomic E-state index is -0.151. The van der Waals surface area contributed by atoms with E-state index in [1.54, 1.807) is 16.6 Å². The molecule has 0 unspecified atom stereocenters. The van der Waals surface area contributed by atoms with Crippen LogP contribution in [0.1, 0.15) is 5.69 Å². The molecule has 3 rings (SSSR count). The fraction of sp³-hybridized carbons (Fsp3) is 0.176. The number of urea groups is 1. The minimum absolute atomic E-state index is 0.151. The average Bonchev–Trinajstić information content (AvgIpc) is 2.92. The fourth-order valence-electron chi connectivity index (χ4n) is 2.41. The Bertz CT molecular complexity index is 804. The molecule has 2 aromatic carbocycles. The van der Waals surface area contributed by atoms with Crippen molar-refractivity contribution in [1.29, 1.82) is 0 Å². The molecule has 0 aliphatic rings. The second-order valence-corrected chi connectivity index (χ2v) is 5.29. The molecule has 1 aromatic heterocycles. The van der Waals surface area contributed by atoms with Crippen LogP contribution in [0.2, 0.25) is 0 Å². The van der Waals surface area contributed by atoms with Crippen molar-refractivity contribution in [3.8, 4) is 0 Å². The second kappa shape index (κ2) is 5.89. The molecule has 0 aliphatic carbocycles. The third kappa shape index (κ3) is 2.93. The molecule has 0 spiro atoms. The van der Waals surface area contributed by atoms with Gasteiger partial charge in [0.1, 0.15) is 0 Å². The first-order valence-corrected chi connectivity index (χ1v) is 7.12. The van der Waals surface area contributed by atoms with Crippen molar-refractivity contribution in [2.24, 2.45) is 7.05 Å². The summed E-state index contributed by atoms with van der Waals surface area (Å²) in [5.74, 6) is 0. The molecule has 0 saturated heterocycles. The molecule has 2 amide bonds. The molecule has 0 saturated carbocycles. The number of hydrogen-bond acceptors (Lipinski definition) is 2. The molecule has 3 aromatic rings. The predicted molar refractivity (Wildman–Crippen MR) is 87.6 cm³/mol. The highest BCUT2D eigenvalue weighted by atomic mass is 16.2. The number of hydrogen-bond donors (Lipinski definition) is 1. The predicted octanol–water partition coefficient (Wildman–Crippen LogP) is 3.24. The van der Waals surface area contributed by atoms with Gasteiger partial charge in [-0.1, -0.05) is 36.4 Å². The van der Waals surface area contributed by atoms with Gasteiger partial charge in [0.05, 0.1) is 17.9 Å². The van der Waals surface area contributed by atoms with Crippen LogP contribution in [-0.2, 0) is 13.6 Å². The van der Waals surface area contributed by atoms with Crippen LogP contribution in [-0.4, -0.2) is 27.8 Å². The molecule has 0 radical (unpaired) electrons. The largest absolute Gasteiger partial charge is 0.322 e. The topological polar surface area (TPSA) is 50.2 Å². The summed E-state index contributed by atoms with van der Waals surface area (Å²) in [5, 5.41) is 9.39. The van der Waals surface area contributed by atoms with E-state index in [0.717, 1.165) is 22.2 Å². The van der Waals surface area contributed by atoms with Gasteiger partial charge in [0.15, 0.2) is 0 Å². The first-order valence-electron chi connectivity index (χ1n) is 7.12. The van der Waals surface area contributed by atoms with E-state index in [2.05, 4.69) is 10.4 Å². The molecule has 22 heavy (non-hydrogen) atoms. The van der Waals surface area contributed by atoms with Crippen LogP contribution in [0.3, 0.4) is 0 Å². The third-order valence-corrected chi connectivity index (χ3v) is 3.55. The van der Waals surface area contributed by atoms with Crippen molar-refractivity contribution in [2.45, 2.75) is 6.54 Å². The maximum atomic E-state index is 12.3. The van der Waals surface area contributed by atoms with Gasteiger partial charge in [0.25, 0.3) is 0 Å². The first kappa shape index (κ1) is 14.1. The molecule has 0 bridgehead atoms. The van der Waals surface area contributed by atoms with Crippen molar-refractivity contribution in [1.82, 2.24) is 14.7 Å². The number of benzene rings is 2. The highest BCUT2D eigenvalue weighted by Gasteiger charge is 2.12. The first-order chi connectivity index (χ1) is 10.6. The molecule has 0 aliphatic heterocycles. The third-order valence-electron chi connectivity index (χ3n) is 3.55. The molecular formula is C17H18N4O. The number of aryl methyl sites for hydroxylation is 1. The van der Waals surface area contributed by atoms with Gasteiger partial charge >= 0.3 is 6.03 Å². The van der Waals surface area contributed by atoms with Crippen molar-refractivity contribution < 1.29 is 4.79 Å². The molecule has 112 valence electrons. The quantitative estimate of drug-likeness (QED) is 0.806. The van der Waals surface area contributed by atoms with E-state index in [0.29, 0.717) is 6.54 Å². The van der Waals surface area contributed by atoms with Gasteiger partial charge in [-0.05, 0) is 17.5 Å². The van der Waals surface area contributed by atoms with E-state index in [9.17, 15) is 4.79 Å². The Morgan fingerprint density at radius 1 is 1.18 bits per heavy atom. The molecule has 1 heterocycles. The number of fused-ring (bicyclic) bond motifs is 1. The monoisotopic (exact) mass is 294 g/mol. The Kier molecular flexibility index (Phi) is 3.78. The molecule has 0 atom stereocenters. The van der Waals surface area contributed by atoms with E-state index >= 15 is 0 Å². The van der Waals surface area contributed by atoms with Crippen LogP contribution in [0.25, 0.3) is 10.8 Å². The standard InChI is InChI=1S/C17H18N4O/c1-20(12-14-10-11-21(2)19-14)17(22)18-16-9-5-7-13-6-3-4-8-15(13)16/h3-11H,12H2,1-2H3,(H,18,22). The summed E-state index contributed by atoms with van der Waals surface area (Å²) >= 11 is 0. The Morgan fingerprint density at radius 3 is 2.73 bits per heavy atom. The number of carbonyl (C=O) groups excluding carboxylic acids is 1. The highest BCUT2D eigenvalue weighted by Crippen LogP contribution is 2.23. The summed E-state index contributed by atoms with van der Waals surface area (Å²) in [6.45, 7) is 0.470. The van der Waals surface area contributed by atoms with Gasteiger partial charge in [-0.2, -0.15) is 5.10 Å². The Balaban J connectivity index is 1.75. The van der Waals surface area contributed by atoms with Gasteiger partial charge in [-0.3, -0.25) is 4.68 Å². The summed E-state index contributed by atoms with van der Waals surface area (Å²) in [4.78, 5) is 14.0. The Hall–Kier alpha value is -2.82. The van der Waals surface area contributed by atoms with Gasteiger partial charge in [-0.25, -0.2) is 4.79 Å². The summed E-state index contributed by atoms with van der Waals surface area (Å²) in [6.07, 6.45) is 1.87. The van der Waals surface area contributed by atoms with E-state index < -0.39 is 0 Å². The van der Waals surface area contributed by atoms with Crippen molar-refractivity contribution in [2.75, 3.05) is 12.4 Å². The Morgan fingerprint density at radius 2 is 1.95 bits per heavy atom. The minimum Gasteiger partial charge on any atom is -0.322 e. The normalized spacial score (nSPS) is 10.6. The maximum absolute atomic E-state index is 12.3. The van der Waals surface area contributed by atoms with Gasteiger partial charge in [-0.15, -0.1) is 0 Å². The molecule has 5 heteroatoms. The number of anilines is 1. The zero-order chi connectivity index (χ0) is 15.5. The van der Waals surface area contributed by atoms with Crippen LogP contribution in [0.5, 0.6) is 0 Å². The molecule has 1 N–H and O–H groups in total. The second-order valence-electron chi connectivity index (χ2n) is 5.29. The lowest BCUT2D eigenvalue weighted by Gasteiger charge is -2.17. The van der Waals surface area contributed by atoms with E-state index in [1.807, 2.05) is 61.8 Å². The van der Waals surface area contributed by atoms with E-state index in [4.69, 9.17) is 0 Å². The highest BCUT2D eigenvalue weighted by molar-refractivity contribution is 6.01. The van der Waals surface area contributed by atoms with Crippen LogP contribution >= 0.6 is 0 Å². The molecular weight excluding hydrogens is 276 g/mol. The maximum Gasteiger partial charge on any atom is 0.321 e. The Labute approximate surface area is 129 Å². The van der Waals surface area contributed by atoms with Crippen molar-refractivity contribution >= 4 is 22.5 Å². The summed E-state index contributed by atoms with van der Waals surface area (Å²) in [6, 6.07) is 15.6.